The van der Waals surface area contributed by atoms with Crippen LogP contribution in [0.2, 0.25) is 5.02 Å². The van der Waals surface area contributed by atoms with Crippen molar-refractivity contribution in [3.63, 3.8) is 0 Å². The summed E-state index contributed by atoms with van der Waals surface area (Å²) >= 11 is 6.11. The van der Waals surface area contributed by atoms with Crippen LogP contribution in [-0.4, -0.2) is 18.9 Å². The van der Waals surface area contributed by atoms with Gasteiger partial charge in [-0.1, -0.05) is 30.5 Å². The van der Waals surface area contributed by atoms with Crippen molar-refractivity contribution in [2.75, 3.05) is 12.1 Å². The second-order valence-electron chi connectivity index (χ2n) is 5.63. The number of methoxy groups -OCH3 is 1. The zero-order chi connectivity index (χ0) is 15.0. The number of nitrogens with one attached hydrogen (secondary N) is 1. The lowest BCUT2D eigenvalue weighted by molar-refractivity contribution is -0.140. The minimum Gasteiger partial charge on any atom is -0.493 e. The molecule has 21 heavy (non-hydrogen) atoms. The predicted molar refractivity (Wildman–Crippen MR) is 79.2 cm³/mol. The van der Waals surface area contributed by atoms with E-state index < -0.39 is 5.41 Å². The molecule has 3 rings (SSSR count). The first-order chi connectivity index (χ1) is 10.1. The van der Waals surface area contributed by atoms with Crippen LogP contribution in [0.3, 0.4) is 0 Å². The van der Waals surface area contributed by atoms with Crippen molar-refractivity contribution < 1.29 is 14.3 Å². The minimum absolute atomic E-state index is 0.0693. The summed E-state index contributed by atoms with van der Waals surface area (Å²) in [5.74, 6) is 0.182. The Morgan fingerprint density at radius 2 is 2.00 bits per heavy atom. The Kier molecular flexibility index (Phi) is 3.53. The van der Waals surface area contributed by atoms with Crippen LogP contribution < -0.4 is 15.2 Å². The quantitative estimate of drug-likeness (QED) is 0.914. The standard InChI is InChI=1S/C15H17ClN2O3/c1-21-13-10(16)5-4-6-11(13)18-14(20)15(7-2-3-8-15)9-12(19)17-18/h4-6H,2-3,7-9H2,1H3,(H,17,19). The van der Waals surface area contributed by atoms with Gasteiger partial charge in [-0.05, 0) is 25.0 Å². The molecular formula is C15H17ClN2O3. The smallest absolute Gasteiger partial charge is 0.252 e. The molecule has 0 aromatic heterocycles. The highest BCUT2D eigenvalue weighted by molar-refractivity contribution is 6.32. The SMILES string of the molecule is COc1c(Cl)cccc1N1NC(=O)CC2(CCCC2)C1=O. The highest BCUT2D eigenvalue weighted by Gasteiger charge is 2.49. The molecule has 2 aliphatic rings. The highest BCUT2D eigenvalue weighted by Crippen LogP contribution is 2.46. The van der Waals surface area contributed by atoms with E-state index in [1.54, 1.807) is 18.2 Å². The fourth-order valence-electron chi connectivity index (χ4n) is 3.32. The second-order valence-corrected chi connectivity index (χ2v) is 6.04. The number of hydrazine groups is 1. The first kappa shape index (κ1) is 14.2. The second kappa shape index (κ2) is 5.22. The third-order valence-electron chi connectivity index (χ3n) is 4.34. The van der Waals surface area contributed by atoms with E-state index in [0.717, 1.165) is 25.7 Å². The van der Waals surface area contributed by atoms with Crippen molar-refractivity contribution in [2.45, 2.75) is 32.1 Å². The molecule has 5 nitrogen and oxygen atoms in total. The van der Waals surface area contributed by atoms with Gasteiger partial charge in [0.05, 0.1) is 17.5 Å². The summed E-state index contributed by atoms with van der Waals surface area (Å²) in [4.78, 5) is 24.9. The molecule has 1 saturated carbocycles. The number of carbonyl (C=O) groups excluding carboxylic acids is 2. The topological polar surface area (TPSA) is 58.6 Å². The van der Waals surface area contributed by atoms with Crippen molar-refractivity contribution in [3.05, 3.63) is 23.2 Å². The van der Waals surface area contributed by atoms with E-state index in [1.807, 2.05) is 0 Å². The summed E-state index contributed by atoms with van der Waals surface area (Å²) in [5, 5.41) is 1.71. The van der Waals surface area contributed by atoms with Crippen molar-refractivity contribution in [3.8, 4) is 5.75 Å². The molecule has 1 spiro atoms. The Balaban J connectivity index is 2.03. The van der Waals surface area contributed by atoms with Gasteiger partial charge in [0.25, 0.3) is 5.91 Å². The number of rotatable bonds is 2. The molecule has 112 valence electrons. The van der Waals surface area contributed by atoms with Crippen molar-refractivity contribution in [1.82, 2.24) is 5.43 Å². The highest BCUT2D eigenvalue weighted by atomic mass is 35.5. The minimum atomic E-state index is -0.560. The third kappa shape index (κ3) is 2.25. The lowest BCUT2D eigenvalue weighted by atomic mass is 9.80. The monoisotopic (exact) mass is 308 g/mol. The lowest BCUT2D eigenvalue weighted by Gasteiger charge is -2.39. The van der Waals surface area contributed by atoms with E-state index in [-0.39, 0.29) is 18.2 Å². The molecule has 1 N–H and O–H groups in total. The summed E-state index contributed by atoms with van der Waals surface area (Å²) in [6.07, 6.45) is 3.77. The molecule has 1 saturated heterocycles. The average Bonchev–Trinajstić information content (AvgIpc) is 2.92. The molecule has 0 bridgehead atoms. The maximum Gasteiger partial charge on any atom is 0.252 e. The van der Waals surface area contributed by atoms with Gasteiger partial charge >= 0.3 is 0 Å². The molecule has 1 aromatic rings. The number of hydrogen-bond acceptors (Lipinski definition) is 3. The maximum absolute atomic E-state index is 12.9. The summed E-state index contributed by atoms with van der Waals surface area (Å²) in [5.41, 5.74) is 2.56. The van der Waals surface area contributed by atoms with Gasteiger partial charge in [-0.3, -0.25) is 15.0 Å². The number of amides is 2. The fourth-order valence-corrected chi connectivity index (χ4v) is 3.57. The first-order valence-corrected chi connectivity index (χ1v) is 7.42. The van der Waals surface area contributed by atoms with Crippen LogP contribution >= 0.6 is 11.6 Å². The third-order valence-corrected chi connectivity index (χ3v) is 4.64. The number of ether oxygens (including phenoxy) is 1. The van der Waals surface area contributed by atoms with E-state index in [1.165, 1.54) is 12.1 Å². The summed E-state index contributed by atoms with van der Waals surface area (Å²) in [7, 11) is 1.49. The normalized spacial score (nSPS) is 20.8. The molecule has 0 unspecified atom stereocenters. The van der Waals surface area contributed by atoms with Gasteiger partial charge < -0.3 is 4.74 Å². The predicted octanol–water partition coefficient (Wildman–Crippen LogP) is 2.68. The van der Waals surface area contributed by atoms with Crippen LogP contribution in [0.15, 0.2) is 18.2 Å². The summed E-state index contributed by atoms with van der Waals surface area (Å²) in [6.45, 7) is 0. The van der Waals surface area contributed by atoms with Gasteiger partial charge in [0.2, 0.25) is 5.91 Å². The zero-order valence-electron chi connectivity index (χ0n) is 11.8. The van der Waals surface area contributed by atoms with Crippen LogP contribution in [0.1, 0.15) is 32.1 Å². The van der Waals surface area contributed by atoms with E-state index in [2.05, 4.69) is 5.43 Å². The van der Waals surface area contributed by atoms with Gasteiger partial charge in [-0.2, -0.15) is 0 Å². The fraction of sp³-hybridized carbons (Fsp3) is 0.467. The average molecular weight is 309 g/mol. The van der Waals surface area contributed by atoms with Crippen LogP contribution in [0.5, 0.6) is 5.75 Å². The van der Waals surface area contributed by atoms with E-state index in [0.29, 0.717) is 16.5 Å². The Labute approximate surface area is 128 Å². The molecule has 0 radical (unpaired) electrons. The molecule has 1 heterocycles. The summed E-state index contributed by atoms with van der Waals surface area (Å²) < 4.78 is 5.29. The number of carbonyl (C=O) groups is 2. The van der Waals surface area contributed by atoms with Crippen LogP contribution in [0.4, 0.5) is 5.69 Å². The Hall–Kier alpha value is -1.75. The molecule has 1 aromatic carbocycles. The Morgan fingerprint density at radius 3 is 2.67 bits per heavy atom. The Morgan fingerprint density at radius 1 is 1.29 bits per heavy atom. The van der Waals surface area contributed by atoms with Crippen LogP contribution in [0, 0.1) is 5.41 Å². The van der Waals surface area contributed by atoms with Gasteiger partial charge in [0.1, 0.15) is 5.69 Å². The van der Waals surface area contributed by atoms with Crippen molar-refractivity contribution in [2.24, 2.45) is 5.41 Å². The number of nitrogens with zero attached hydrogens (tertiary/aromatic N) is 1. The van der Waals surface area contributed by atoms with Gasteiger partial charge in [0, 0.05) is 6.42 Å². The molecule has 6 heteroatoms. The molecular weight excluding hydrogens is 292 g/mol. The van der Waals surface area contributed by atoms with E-state index >= 15 is 0 Å². The van der Waals surface area contributed by atoms with Crippen molar-refractivity contribution in [1.29, 1.82) is 0 Å². The maximum atomic E-state index is 12.9. The van der Waals surface area contributed by atoms with Crippen LogP contribution in [-0.2, 0) is 9.59 Å². The first-order valence-electron chi connectivity index (χ1n) is 7.04. The van der Waals surface area contributed by atoms with Crippen LogP contribution in [0.25, 0.3) is 0 Å². The number of hydrogen-bond donors (Lipinski definition) is 1. The lowest BCUT2D eigenvalue weighted by Crippen LogP contribution is -2.59. The molecule has 2 amide bonds. The van der Waals surface area contributed by atoms with E-state index in [9.17, 15) is 9.59 Å². The molecule has 1 aliphatic heterocycles. The molecule has 0 atom stereocenters. The molecule has 1 aliphatic carbocycles. The number of anilines is 1. The van der Waals surface area contributed by atoms with E-state index in [4.69, 9.17) is 16.3 Å². The Bertz CT molecular complexity index is 597. The number of benzene rings is 1. The number of halogens is 1. The van der Waals surface area contributed by atoms with Gasteiger partial charge in [-0.25, -0.2) is 5.01 Å². The summed E-state index contributed by atoms with van der Waals surface area (Å²) in [6, 6.07) is 5.14. The van der Waals surface area contributed by atoms with Crippen molar-refractivity contribution >= 4 is 29.1 Å². The van der Waals surface area contributed by atoms with Gasteiger partial charge in [-0.15, -0.1) is 0 Å². The number of para-hydroxylation sites is 1. The van der Waals surface area contributed by atoms with Gasteiger partial charge in [0.15, 0.2) is 5.75 Å². The zero-order valence-corrected chi connectivity index (χ0v) is 12.6. The molecule has 2 fully saturated rings. The largest absolute Gasteiger partial charge is 0.493 e.